The normalized spacial score (nSPS) is 21.5. The SMILES string of the molecule is CCCNc1cnc(CN2CCN(C)C(C)C2)cn1. The molecule has 0 bridgehead atoms. The van der Waals surface area contributed by atoms with Crippen molar-refractivity contribution in [2.75, 3.05) is 38.5 Å². The van der Waals surface area contributed by atoms with Crippen molar-refractivity contribution in [2.45, 2.75) is 32.9 Å². The van der Waals surface area contributed by atoms with E-state index < -0.39 is 0 Å². The number of anilines is 1. The number of hydrogen-bond acceptors (Lipinski definition) is 5. The van der Waals surface area contributed by atoms with Crippen molar-refractivity contribution in [1.82, 2.24) is 19.8 Å². The van der Waals surface area contributed by atoms with Gasteiger partial charge in [-0.2, -0.15) is 0 Å². The molecule has 1 fully saturated rings. The van der Waals surface area contributed by atoms with Crippen molar-refractivity contribution in [3.05, 3.63) is 18.1 Å². The molecule has 0 aliphatic carbocycles. The maximum Gasteiger partial charge on any atom is 0.144 e. The smallest absolute Gasteiger partial charge is 0.144 e. The zero-order chi connectivity index (χ0) is 13.7. The van der Waals surface area contributed by atoms with Crippen molar-refractivity contribution in [3.63, 3.8) is 0 Å². The van der Waals surface area contributed by atoms with Crippen LogP contribution in [0.15, 0.2) is 12.4 Å². The summed E-state index contributed by atoms with van der Waals surface area (Å²) >= 11 is 0. The minimum Gasteiger partial charge on any atom is -0.369 e. The lowest BCUT2D eigenvalue weighted by atomic mass is 10.2. The van der Waals surface area contributed by atoms with Gasteiger partial charge in [0.2, 0.25) is 0 Å². The van der Waals surface area contributed by atoms with Gasteiger partial charge in [-0.15, -0.1) is 0 Å². The van der Waals surface area contributed by atoms with Crippen LogP contribution in [0, 0.1) is 0 Å². The summed E-state index contributed by atoms with van der Waals surface area (Å²) in [6.45, 7) is 9.61. The van der Waals surface area contributed by atoms with Crippen LogP contribution in [0.25, 0.3) is 0 Å². The van der Waals surface area contributed by atoms with Crippen LogP contribution in [0.5, 0.6) is 0 Å². The summed E-state index contributed by atoms with van der Waals surface area (Å²) in [7, 11) is 2.19. The van der Waals surface area contributed by atoms with Crippen molar-refractivity contribution in [3.8, 4) is 0 Å². The Labute approximate surface area is 116 Å². The highest BCUT2D eigenvalue weighted by Crippen LogP contribution is 2.10. The predicted octanol–water partition coefficient (Wildman–Crippen LogP) is 1.43. The van der Waals surface area contributed by atoms with Gasteiger partial charge in [0.25, 0.3) is 0 Å². The molecule has 1 saturated heterocycles. The van der Waals surface area contributed by atoms with Crippen LogP contribution in [0.3, 0.4) is 0 Å². The van der Waals surface area contributed by atoms with E-state index in [1.807, 2.05) is 12.4 Å². The maximum absolute atomic E-state index is 4.49. The molecule has 0 aromatic carbocycles. The minimum absolute atomic E-state index is 0.618. The van der Waals surface area contributed by atoms with Crippen LogP contribution < -0.4 is 5.32 Å². The zero-order valence-electron chi connectivity index (χ0n) is 12.3. The summed E-state index contributed by atoms with van der Waals surface area (Å²) in [5.74, 6) is 0.873. The summed E-state index contributed by atoms with van der Waals surface area (Å²) in [4.78, 5) is 13.7. The Hall–Kier alpha value is -1.20. The van der Waals surface area contributed by atoms with E-state index in [0.29, 0.717) is 6.04 Å². The van der Waals surface area contributed by atoms with Crippen LogP contribution in [-0.2, 0) is 6.54 Å². The average Bonchev–Trinajstić information content (AvgIpc) is 2.42. The first-order chi connectivity index (χ1) is 9.19. The number of likely N-dealkylation sites (N-methyl/N-ethyl adjacent to an activating group) is 1. The second-order valence-corrected chi connectivity index (χ2v) is 5.38. The third kappa shape index (κ3) is 4.14. The zero-order valence-corrected chi connectivity index (χ0v) is 12.3. The minimum atomic E-state index is 0.618. The average molecular weight is 263 g/mol. The summed E-state index contributed by atoms with van der Waals surface area (Å²) in [5.41, 5.74) is 1.05. The Morgan fingerprint density at radius 3 is 2.79 bits per heavy atom. The van der Waals surface area contributed by atoms with Gasteiger partial charge < -0.3 is 10.2 Å². The standard InChI is InChI=1S/C14H25N5/c1-4-5-15-14-9-16-13(8-17-14)11-19-7-6-18(3)12(2)10-19/h8-9,12H,4-7,10-11H2,1-3H3,(H,15,17). The van der Waals surface area contributed by atoms with Crippen LogP contribution in [-0.4, -0.2) is 59.0 Å². The molecule has 1 unspecified atom stereocenters. The van der Waals surface area contributed by atoms with Crippen LogP contribution in [0.2, 0.25) is 0 Å². The largest absolute Gasteiger partial charge is 0.369 e. The third-order valence-corrected chi connectivity index (χ3v) is 3.69. The predicted molar refractivity (Wildman–Crippen MR) is 78.2 cm³/mol. The van der Waals surface area contributed by atoms with Crippen molar-refractivity contribution >= 4 is 5.82 Å². The van der Waals surface area contributed by atoms with Crippen LogP contribution >= 0.6 is 0 Å². The highest BCUT2D eigenvalue weighted by molar-refractivity contribution is 5.30. The van der Waals surface area contributed by atoms with E-state index in [2.05, 4.69) is 46.0 Å². The van der Waals surface area contributed by atoms with E-state index in [9.17, 15) is 0 Å². The lowest BCUT2D eigenvalue weighted by Gasteiger charge is -2.37. The topological polar surface area (TPSA) is 44.3 Å². The van der Waals surface area contributed by atoms with E-state index in [0.717, 1.165) is 50.7 Å². The molecule has 2 heterocycles. The maximum atomic E-state index is 4.49. The Balaban J connectivity index is 1.85. The molecule has 0 spiro atoms. The van der Waals surface area contributed by atoms with Gasteiger partial charge in [0.15, 0.2) is 0 Å². The molecule has 1 aliphatic heterocycles. The molecular weight excluding hydrogens is 238 g/mol. The Kier molecular flexibility index (Phi) is 5.10. The molecule has 19 heavy (non-hydrogen) atoms. The van der Waals surface area contributed by atoms with Gasteiger partial charge in [0.05, 0.1) is 18.1 Å². The monoisotopic (exact) mass is 263 g/mol. The van der Waals surface area contributed by atoms with Gasteiger partial charge in [0.1, 0.15) is 5.82 Å². The van der Waals surface area contributed by atoms with Gasteiger partial charge in [-0.1, -0.05) is 6.92 Å². The molecule has 0 radical (unpaired) electrons. The molecule has 1 atom stereocenters. The number of nitrogens with zero attached hydrogens (tertiary/aromatic N) is 4. The summed E-state index contributed by atoms with van der Waals surface area (Å²) in [5, 5.41) is 3.24. The van der Waals surface area contributed by atoms with Crippen LogP contribution in [0.4, 0.5) is 5.82 Å². The fraction of sp³-hybridized carbons (Fsp3) is 0.714. The van der Waals surface area contributed by atoms with E-state index in [4.69, 9.17) is 0 Å². The van der Waals surface area contributed by atoms with Crippen LogP contribution in [0.1, 0.15) is 26.0 Å². The number of rotatable bonds is 5. The Morgan fingerprint density at radius 1 is 1.32 bits per heavy atom. The van der Waals surface area contributed by atoms with Gasteiger partial charge in [0, 0.05) is 38.8 Å². The van der Waals surface area contributed by atoms with E-state index in [-0.39, 0.29) is 0 Å². The number of hydrogen-bond donors (Lipinski definition) is 1. The lowest BCUT2D eigenvalue weighted by Crippen LogP contribution is -2.49. The van der Waals surface area contributed by atoms with Crippen molar-refractivity contribution < 1.29 is 0 Å². The Morgan fingerprint density at radius 2 is 2.16 bits per heavy atom. The van der Waals surface area contributed by atoms with Gasteiger partial charge in [-0.05, 0) is 20.4 Å². The molecule has 1 aromatic heterocycles. The lowest BCUT2D eigenvalue weighted by molar-refractivity contribution is 0.0990. The first-order valence-electron chi connectivity index (χ1n) is 7.16. The van der Waals surface area contributed by atoms with E-state index in [1.165, 1.54) is 0 Å². The fourth-order valence-corrected chi connectivity index (χ4v) is 2.28. The van der Waals surface area contributed by atoms with Crippen molar-refractivity contribution in [1.29, 1.82) is 0 Å². The molecule has 1 aliphatic rings. The highest BCUT2D eigenvalue weighted by Gasteiger charge is 2.20. The molecule has 1 N–H and O–H groups in total. The molecule has 2 rings (SSSR count). The second-order valence-electron chi connectivity index (χ2n) is 5.38. The number of piperazine rings is 1. The highest BCUT2D eigenvalue weighted by atomic mass is 15.3. The van der Waals surface area contributed by atoms with E-state index >= 15 is 0 Å². The van der Waals surface area contributed by atoms with Crippen molar-refractivity contribution in [2.24, 2.45) is 0 Å². The van der Waals surface area contributed by atoms with Gasteiger partial charge in [-0.3, -0.25) is 9.88 Å². The molecule has 0 saturated carbocycles. The molecule has 106 valence electrons. The molecule has 5 nitrogen and oxygen atoms in total. The molecule has 1 aromatic rings. The molecule has 5 heteroatoms. The third-order valence-electron chi connectivity index (χ3n) is 3.69. The fourth-order valence-electron chi connectivity index (χ4n) is 2.28. The Bertz CT molecular complexity index is 378. The van der Waals surface area contributed by atoms with Gasteiger partial charge in [-0.25, -0.2) is 4.98 Å². The first-order valence-corrected chi connectivity index (χ1v) is 7.16. The van der Waals surface area contributed by atoms with E-state index in [1.54, 1.807) is 0 Å². The summed E-state index contributed by atoms with van der Waals surface area (Å²) in [6.07, 6.45) is 4.83. The van der Waals surface area contributed by atoms with Gasteiger partial charge >= 0.3 is 0 Å². The first kappa shape index (κ1) is 14.2. The quantitative estimate of drug-likeness (QED) is 0.871. The molecular formula is C14H25N5. The second kappa shape index (κ2) is 6.82. The summed E-state index contributed by atoms with van der Waals surface area (Å²) in [6, 6.07) is 0.618. The number of aromatic nitrogens is 2. The number of nitrogens with one attached hydrogen (secondary N) is 1. The summed E-state index contributed by atoms with van der Waals surface area (Å²) < 4.78 is 0. The molecule has 0 amide bonds.